The van der Waals surface area contributed by atoms with E-state index in [9.17, 15) is 9.18 Å². The molecular formula is C16H15ClFNO2S. The zero-order valence-corrected chi connectivity index (χ0v) is 13.5. The van der Waals surface area contributed by atoms with E-state index in [4.69, 9.17) is 16.3 Å². The van der Waals surface area contributed by atoms with Gasteiger partial charge in [-0.15, -0.1) is 11.8 Å². The van der Waals surface area contributed by atoms with E-state index < -0.39 is 5.82 Å². The number of anilines is 1. The van der Waals surface area contributed by atoms with Crippen LogP contribution in [0.15, 0.2) is 47.4 Å². The van der Waals surface area contributed by atoms with Crippen molar-refractivity contribution in [1.82, 2.24) is 0 Å². The van der Waals surface area contributed by atoms with Crippen molar-refractivity contribution in [2.45, 2.75) is 11.3 Å². The van der Waals surface area contributed by atoms with Crippen molar-refractivity contribution in [3.05, 3.63) is 53.3 Å². The lowest BCUT2D eigenvalue weighted by atomic mass is 10.3. The summed E-state index contributed by atoms with van der Waals surface area (Å²) in [5.41, 5.74) is 0.419. The Morgan fingerprint density at radius 3 is 2.64 bits per heavy atom. The maximum absolute atomic E-state index is 12.9. The summed E-state index contributed by atoms with van der Waals surface area (Å²) in [6.07, 6.45) is 0.338. The van der Waals surface area contributed by atoms with Crippen LogP contribution >= 0.6 is 23.4 Å². The first kappa shape index (κ1) is 16.6. The number of thioether (sulfide) groups is 1. The summed E-state index contributed by atoms with van der Waals surface area (Å²) >= 11 is 7.44. The first-order chi connectivity index (χ1) is 10.6. The third-order valence-corrected chi connectivity index (χ3v) is 4.19. The van der Waals surface area contributed by atoms with Gasteiger partial charge in [-0.05, 0) is 42.5 Å². The van der Waals surface area contributed by atoms with Crippen LogP contribution in [0, 0.1) is 5.82 Å². The van der Waals surface area contributed by atoms with E-state index in [1.807, 2.05) is 24.3 Å². The van der Waals surface area contributed by atoms with Crippen LogP contribution in [0.3, 0.4) is 0 Å². The largest absolute Gasteiger partial charge is 0.497 e. The maximum atomic E-state index is 12.9. The van der Waals surface area contributed by atoms with E-state index in [2.05, 4.69) is 5.32 Å². The Morgan fingerprint density at radius 1 is 1.27 bits per heavy atom. The second-order valence-corrected chi connectivity index (χ2v) is 6.02. The van der Waals surface area contributed by atoms with Crippen LogP contribution in [-0.4, -0.2) is 18.8 Å². The highest BCUT2D eigenvalue weighted by Gasteiger charge is 2.07. The maximum Gasteiger partial charge on any atom is 0.225 e. The van der Waals surface area contributed by atoms with Crippen molar-refractivity contribution in [3.8, 4) is 5.75 Å². The van der Waals surface area contributed by atoms with Crippen LogP contribution in [0.4, 0.5) is 10.1 Å². The van der Waals surface area contributed by atoms with Gasteiger partial charge in [0.25, 0.3) is 0 Å². The summed E-state index contributed by atoms with van der Waals surface area (Å²) in [6.45, 7) is 0. The summed E-state index contributed by atoms with van der Waals surface area (Å²) in [5.74, 6) is 0.845. The number of ether oxygens (including phenoxy) is 1. The SMILES string of the molecule is COc1ccc(SCCC(=O)Nc2ccc(F)cc2Cl)cc1. The molecule has 0 atom stereocenters. The lowest BCUT2D eigenvalue weighted by molar-refractivity contribution is -0.115. The Kier molecular flexibility index (Phi) is 6.10. The molecule has 0 saturated carbocycles. The quantitative estimate of drug-likeness (QED) is 0.781. The van der Waals surface area contributed by atoms with E-state index in [1.54, 1.807) is 18.9 Å². The zero-order chi connectivity index (χ0) is 15.9. The number of hydrogen-bond donors (Lipinski definition) is 1. The molecule has 1 N–H and O–H groups in total. The number of nitrogens with one attached hydrogen (secondary N) is 1. The van der Waals surface area contributed by atoms with Crippen molar-refractivity contribution in [3.63, 3.8) is 0 Å². The highest BCUT2D eigenvalue weighted by atomic mass is 35.5. The van der Waals surface area contributed by atoms with Crippen LogP contribution in [0.2, 0.25) is 5.02 Å². The Labute approximate surface area is 137 Å². The van der Waals surface area contributed by atoms with Gasteiger partial charge >= 0.3 is 0 Å². The second-order valence-electron chi connectivity index (χ2n) is 4.45. The molecule has 0 radical (unpaired) electrons. The van der Waals surface area contributed by atoms with E-state index >= 15 is 0 Å². The van der Waals surface area contributed by atoms with Gasteiger partial charge in [-0.2, -0.15) is 0 Å². The number of halogens is 2. The molecule has 3 nitrogen and oxygen atoms in total. The summed E-state index contributed by atoms with van der Waals surface area (Å²) in [5, 5.41) is 2.86. The minimum atomic E-state index is -0.432. The summed E-state index contributed by atoms with van der Waals surface area (Å²) in [7, 11) is 1.62. The third kappa shape index (κ3) is 4.93. The third-order valence-electron chi connectivity index (χ3n) is 2.86. The number of rotatable bonds is 6. The van der Waals surface area contributed by atoms with Gasteiger partial charge in [-0.3, -0.25) is 4.79 Å². The van der Waals surface area contributed by atoms with Gasteiger partial charge in [0.15, 0.2) is 0 Å². The second kappa shape index (κ2) is 8.06. The van der Waals surface area contributed by atoms with Gasteiger partial charge in [0.05, 0.1) is 17.8 Å². The van der Waals surface area contributed by atoms with Gasteiger partial charge in [0.2, 0.25) is 5.91 Å². The molecule has 22 heavy (non-hydrogen) atoms. The van der Waals surface area contributed by atoms with E-state index in [-0.39, 0.29) is 10.9 Å². The van der Waals surface area contributed by atoms with Gasteiger partial charge < -0.3 is 10.1 Å². The Bertz CT molecular complexity index is 649. The molecule has 2 aromatic carbocycles. The molecule has 0 spiro atoms. The average Bonchev–Trinajstić information content (AvgIpc) is 2.51. The standard InChI is InChI=1S/C16H15ClFNO2S/c1-21-12-3-5-13(6-4-12)22-9-8-16(20)19-15-7-2-11(18)10-14(15)17/h2-7,10H,8-9H2,1H3,(H,19,20). The Hall–Kier alpha value is -1.72. The molecule has 0 heterocycles. The normalized spacial score (nSPS) is 10.3. The zero-order valence-electron chi connectivity index (χ0n) is 11.9. The fourth-order valence-corrected chi connectivity index (χ4v) is 2.80. The highest BCUT2D eigenvalue weighted by Crippen LogP contribution is 2.24. The van der Waals surface area contributed by atoms with Crippen molar-refractivity contribution in [1.29, 1.82) is 0 Å². The summed E-state index contributed by atoms with van der Waals surface area (Å²) < 4.78 is 18.0. The van der Waals surface area contributed by atoms with Gasteiger partial charge in [0.1, 0.15) is 11.6 Å². The van der Waals surface area contributed by atoms with E-state index in [0.717, 1.165) is 10.6 Å². The monoisotopic (exact) mass is 339 g/mol. The first-order valence-corrected chi connectivity index (χ1v) is 7.96. The molecule has 0 aromatic heterocycles. The first-order valence-electron chi connectivity index (χ1n) is 6.60. The van der Waals surface area contributed by atoms with Crippen molar-refractivity contribution in [2.24, 2.45) is 0 Å². The van der Waals surface area contributed by atoms with Crippen LogP contribution in [-0.2, 0) is 4.79 Å². The lowest BCUT2D eigenvalue weighted by Crippen LogP contribution is -2.12. The number of benzene rings is 2. The topological polar surface area (TPSA) is 38.3 Å². The van der Waals surface area contributed by atoms with E-state index in [1.165, 1.54) is 18.2 Å². The van der Waals surface area contributed by atoms with Crippen LogP contribution < -0.4 is 10.1 Å². The molecular weight excluding hydrogens is 325 g/mol. The number of amides is 1. The van der Waals surface area contributed by atoms with Crippen molar-refractivity contribution < 1.29 is 13.9 Å². The molecule has 6 heteroatoms. The lowest BCUT2D eigenvalue weighted by Gasteiger charge is -2.07. The molecule has 0 aliphatic rings. The number of hydrogen-bond acceptors (Lipinski definition) is 3. The smallest absolute Gasteiger partial charge is 0.225 e. The molecule has 0 bridgehead atoms. The van der Waals surface area contributed by atoms with Gasteiger partial charge in [-0.1, -0.05) is 11.6 Å². The molecule has 1 amide bonds. The molecule has 0 aliphatic heterocycles. The van der Waals surface area contributed by atoms with Crippen LogP contribution in [0.5, 0.6) is 5.75 Å². The minimum absolute atomic E-state index is 0.158. The van der Waals surface area contributed by atoms with Crippen molar-refractivity contribution >= 4 is 35.0 Å². The molecule has 2 aromatic rings. The predicted molar refractivity (Wildman–Crippen MR) is 88.4 cm³/mol. The highest BCUT2D eigenvalue weighted by molar-refractivity contribution is 7.99. The van der Waals surface area contributed by atoms with Crippen LogP contribution in [0.1, 0.15) is 6.42 Å². The number of carbonyl (C=O) groups is 1. The number of carbonyl (C=O) groups excluding carboxylic acids is 1. The molecule has 0 aliphatic carbocycles. The summed E-state index contributed by atoms with van der Waals surface area (Å²) in [4.78, 5) is 12.9. The van der Waals surface area contributed by atoms with Crippen molar-refractivity contribution in [2.75, 3.05) is 18.2 Å². The fourth-order valence-electron chi connectivity index (χ4n) is 1.74. The van der Waals surface area contributed by atoms with E-state index in [0.29, 0.717) is 17.9 Å². The minimum Gasteiger partial charge on any atom is -0.497 e. The van der Waals surface area contributed by atoms with Gasteiger partial charge in [-0.25, -0.2) is 4.39 Å². The molecule has 0 saturated heterocycles. The molecule has 2 rings (SSSR count). The number of methoxy groups -OCH3 is 1. The van der Waals surface area contributed by atoms with Gasteiger partial charge in [0, 0.05) is 17.1 Å². The summed E-state index contributed by atoms with van der Waals surface area (Å²) in [6, 6.07) is 11.5. The molecule has 116 valence electrons. The molecule has 0 fully saturated rings. The van der Waals surface area contributed by atoms with Crippen LogP contribution in [0.25, 0.3) is 0 Å². The fraction of sp³-hybridized carbons (Fsp3) is 0.188. The molecule has 0 unspecified atom stereocenters. The Balaban J connectivity index is 1.79. The average molecular weight is 340 g/mol. The Morgan fingerprint density at radius 2 is 2.00 bits per heavy atom. The predicted octanol–water partition coefficient (Wildman–Crippen LogP) is 4.61.